The number of carbonyl (C=O) groups excluding carboxylic acids is 1. The number of amides is 1. The number of likely N-dealkylation sites (N-methyl/N-ethyl adjacent to an activating group) is 2. The molecule has 0 atom stereocenters. The molecule has 196 valence electrons. The lowest BCUT2D eigenvalue weighted by atomic mass is 10.2. The van der Waals surface area contributed by atoms with Gasteiger partial charge in [0.2, 0.25) is 5.91 Å². The van der Waals surface area contributed by atoms with E-state index in [4.69, 9.17) is 10.5 Å². The van der Waals surface area contributed by atoms with E-state index in [2.05, 4.69) is 15.3 Å². The first kappa shape index (κ1) is 25.4. The Kier molecular flexibility index (Phi) is 7.19. The van der Waals surface area contributed by atoms with E-state index in [9.17, 15) is 9.59 Å². The lowest BCUT2D eigenvalue weighted by Crippen LogP contribution is -2.25. The Labute approximate surface area is 224 Å². The van der Waals surface area contributed by atoms with E-state index in [0.29, 0.717) is 46.3 Å². The Morgan fingerprint density at radius 2 is 1.72 bits per heavy atom. The maximum atomic E-state index is 13.9. The number of benzene rings is 3. The number of nitrogen functional groups attached to an aromatic ring is 1. The molecule has 5 aromatic rings. The minimum atomic E-state index is -0.381. The highest BCUT2D eigenvalue weighted by atomic mass is 16.5. The zero-order valence-electron chi connectivity index (χ0n) is 21.5. The van der Waals surface area contributed by atoms with E-state index in [1.54, 1.807) is 68.7 Å². The van der Waals surface area contributed by atoms with Gasteiger partial charge < -0.3 is 20.7 Å². The predicted octanol–water partition coefficient (Wildman–Crippen LogP) is 3.68. The Morgan fingerprint density at radius 1 is 0.974 bits per heavy atom. The lowest BCUT2D eigenvalue weighted by molar-refractivity contribution is -0.113. The van der Waals surface area contributed by atoms with Crippen molar-refractivity contribution >= 4 is 28.6 Å². The molecule has 0 unspecified atom stereocenters. The van der Waals surface area contributed by atoms with Gasteiger partial charge in [-0.3, -0.25) is 9.36 Å². The summed E-state index contributed by atoms with van der Waals surface area (Å²) < 4.78 is 8.82. The smallest absolute Gasteiger partial charge is 0.339 e. The van der Waals surface area contributed by atoms with Crippen LogP contribution in [0.5, 0.6) is 11.5 Å². The third kappa shape index (κ3) is 5.13. The van der Waals surface area contributed by atoms with Crippen molar-refractivity contribution < 1.29 is 9.53 Å². The van der Waals surface area contributed by atoms with Crippen LogP contribution in [-0.2, 0) is 4.79 Å². The zero-order valence-corrected chi connectivity index (χ0v) is 21.5. The molecule has 1 amide bonds. The van der Waals surface area contributed by atoms with Gasteiger partial charge in [-0.15, -0.1) is 0 Å². The molecular weight excluding hydrogens is 494 g/mol. The summed E-state index contributed by atoms with van der Waals surface area (Å²) in [6.07, 6.45) is 4.57. The molecule has 2 aromatic heterocycles. The second-order valence-corrected chi connectivity index (χ2v) is 8.67. The first-order valence-corrected chi connectivity index (χ1v) is 12.2. The highest BCUT2D eigenvalue weighted by Gasteiger charge is 2.21. The number of nitrogens with one attached hydrogen (secondary N) is 1. The quantitative estimate of drug-likeness (QED) is 0.299. The summed E-state index contributed by atoms with van der Waals surface area (Å²) in [4.78, 5) is 36.5. The van der Waals surface area contributed by atoms with Gasteiger partial charge in [0.25, 0.3) is 0 Å². The summed E-state index contributed by atoms with van der Waals surface area (Å²) in [5, 5.41) is 2.96. The van der Waals surface area contributed by atoms with Gasteiger partial charge in [-0.25, -0.2) is 19.3 Å². The maximum Gasteiger partial charge on any atom is 0.339 e. The number of aromatic nitrogens is 4. The number of carbonyl (C=O) groups is 1. The molecule has 10 heteroatoms. The topological polar surface area (TPSA) is 120 Å². The third-order valence-electron chi connectivity index (χ3n) is 6.11. The monoisotopic (exact) mass is 521 g/mol. The average Bonchev–Trinajstić information content (AvgIpc) is 3.26. The van der Waals surface area contributed by atoms with E-state index in [1.165, 1.54) is 26.4 Å². The molecule has 2 heterocycles. The van der Waals surface area contributed by atoms with Crippen LogP contribution in [0.15, 0.2) is 102 Å². The SMILES string of the molecule is CNCC=CC(=O)N(C)c1cccc(-n2c(=O)n(-c3ccc(Oc4ccccc4)cc3)c3c(N)ncnc32)c1. The zero-order chi connectivity index (χ0) is 27.4. The molecule has 10 nitrogen and oxygen atoms in total. The Hall–Kier alpha value is -5.22. The van der Waals surface area contributed by atoms with Crippen LogP contribution in [0.2, 0.25) is 0 Å². The maximum absolute atomic E-state index is 13.9. The Bertz CT molecular complexity index is 1710. The number of hydrogen-bond acceptors (Lipinski definition) is 7. The number of hydrogen-bond donors (Lipinski definition) is 2. The van der Waals surface area contributed by atoms with Crippen LogP contribution in [-0.4, -0.2) is 45.6 Å². The second kappa shape index (κ2) is 11.0. The summed E-state index contributed by atoms with van der Waals surface area (Å²) in [6, 6.07) is 23.6. The summed E-state index contributed by atoms with van der Waals surface area (Å²) in [7, 11) is 3.48. The molecule has 0 fully saturated rings. The fourth-order valence-corrected chi connectivity index (χ4v) is 4.16. The van der Waals surface area contributed by atoms with E-state index < -0.39 is 0 Å². The number of ether oxygens (including phenoxy) is 1. The molecule has 0 bridgehead atoms. The number of nitrogens with two attached hydrogens (primary N) is 1. The van der Waals surface area contributed by atoms with Crippen LogP contribution in [0.4, 0.5) is 11.5 Å². The van der Waals surface area contributed by atoms with E-state index in [0.717, 1.165) is 0 Å². The largest absolute Gasteiger partial charge is 0.457 e. The van der Waals surface area contributed by atoms with Crippen molar-refractivity contribution in [2.24, 2.45) is 0 Å². The van der Waals surface area contributed by atoms with Gasteiger partial charge in [-0.1, -0.05) is 30.3 Å². The van der Waals surface area contributed by atoms with Crippen molar-refractivity contribution in [2.45, 2.75) is 0 Å². The number of rotatable bonds is 8. The first-order chi connectivity index (χ1) is 19.0. The standard InChI is InChI=1S/C29H27N7O3/c1-31-17-7-12-25(37)34(2)21-8-6-9-22(18-21)36-28-26(27(30)32-19-33-28)35(29(36)38)20-13-15-24(16-14-20)39-23-10-4-3-5-11-23/h3-16,18-19,31H,17H2,1-2H3,(H2,30,32,33). The Morgan fingerprint density at radius 3 is 2.46 bits per heavy atom. The number of anilines is 2. The highest BCUT2D eigenvalue weighted by Crippen LogP contribution is 2.27. The van der Waals surface area contributed by atoms with Gasteiger partial charge in [-0.05, 0) is 61.6 Å². The van der Waals surface area contributed by atoms with E-state index in [1.807, 2.05) is 30.3 Å². The van der Waals surface area contributed by atoms with Crippen LogP contribution in [0.3, 0.4) is 0 Å². The van der Waals surface area contributed by atoms with Crippen LogP contribution in [0, 0.1) is 0 Å². The minimum absolute atomic E-state index is 0.165. The van der Waals surface area contributed by atoms with Crippen molar-refractivity contribution in [3.63, 3.8) is 0 Å². The molecule has 5 rings (SSSR count). The molecule has 3 aromatic carbocycles. The van der Waals surface area contributed by atoms with Crippen molar-refractivity contribution in [1.82, 2.24) is 24.4 Å². The van der Waals surface area contributed by atoms with Gasteiger partial charge in [0.1, 0.15) is 23.3 Å². The number of imidazole rings is 1. The third-order valence-corrected chi connectivity index (χ3v) is 6.11. The average molecular weight is 522 g/mol. The van der Waals surface area contributed by atoms with Gasteiger partial charge in [-0.2, -0.15) is 0 Å². The molecule has 39 heavy (non-hydrogen) atoms. The fraction of sp³-hybridized carbons (Fsp3) is 0.103. The Balaban J connectivity index is 1.56. The summed E-state index contributed by atoms with van der Waals surface area (Å²) in [5.41, 5.74) is 8.31. The van der Waals surface area contributed by atoms with Crippen molar-refractivity contribution in [2.75, 3.05) is 31.3 Å². The molecular formula is C29H27N7O3. The fourth-order valence-electron chi connectivity index (χ4n) is 4.16. The number of fused-ring (bicyclic) bond motifs is 1. The van der Waals surface area contributed by atoms with Crippen molar-refractivity contribution in [1.29, 1.82) is 0 Å². The minimum Gasteiger partial charge on any atom is -0.457 e. The van der Waals surface area contributed by atoms with Gasteiger partial charge >= 0.3 is 5.69 Å². The number of para-hydroxylation sites is 1. The molecule has 0 saturated carbocycles. The molecule has 0 radical (unpaired) electrons. The van der Waals surface area contributed by atoms with Crippen LogP contribution in [0.25, 0.3) is 22.5 Å². The molecule has 0 aliphatic carbocycles. The second-order valence-electron chi connectivity index (χ2n) is 8.67. The van der Waals surface area contributed by atoms with Gasteiger partial charge in [0, 0.05) is 25.4 Å². The van der Waals surface area contributed by atoms with Gasteiger partial charge in [0.15, 0.2) is 11.5 Å². The molecule has 0 saturated heterocycles. The van der Waals surface area contributed by atoms with E-state index >= 15 is 0 Å². The van der Waals surface area contributed by atoms with Crippen molar-refractivity contribution in [3.05, 3.63) is 108 Å². The van der Waals surface area contributed by atoms with Gasteiger partial charge in [0.05, 0.1) is 11.4 Å². The van der Waals surface area contributed by atoms with Crippen LogP contribution < -0.4 is 26.4 Å². The van der Waals surface area contributed by atoms with Crippen LogP contribution >= 0.6 is 0 Å². The summed E-state index contributed by atoms with van der Waals surface area (Å²) >= 11 is 0. The molecule has 3 N–H and O–H groups in total. The van der Waals surface area contributed by atoms with E-state index in [-0.39, 0.29) is 17.4 Å². The highest BCUT2D eigenvalue weighted by molar-refractivity contribution is 6.01. The normalized spacial score (nSPS) is 11.2. The lowest BCUT2D eigenvalue weighted by Gasteiger charge is -2.16. The van der Waals surface area contributed by atoms with Crippen molar-refractivity contribution in [3.8, 4) is 22.9 Å². The summed E-state index contributed by atoms with van der Waals surface area (Å²) in [5.74, 6) is 1.30. The first-order valence-electron chi connectivity index (χ1n) is 12.2. The van der Waals surface area contributed by atoms with Crippen LogP contribution in [0.1, 0.15) is 0 Å². The predicted molar refractivity (Wildman–Crippen MR) is 152 cm³/mol. The molecule has 0 spiro atoms. The summed E-state index contributed by atoms with van der Waals surface area (Å²) in [6.45, 7) is 0.578. The molecule has 0 aliphatic heterocycles. The number of nitrogens with zero attached hydrogens (tertiary/aromatic N) is 5. The molecule has 0 aliphatic rings.